The molecular weight excluding hydrogens is 315 g/mol. The third kappa shape index (κ3) is 4.85. The van der Waals surface area contributed by atoms with Crippen LogP contribution in [0.2, 0.25) is 5.02 Å². The third-order valence-electron chi connectivity index (χ3n) is 2.19. The summed E-state index contributed by atoms with van der Waals surface area (Å²) < 4.78 is 25.8. The van der Waals surface area contributed by atoms with Gasteiger partial charge in [-0.3, -0.25) is 14.8 Å². The van der Waals surface area contributed by atoms with E-state index in [1.807, 2.05) is 0 Å². The van der Waals surface area contributed by atoms with Crippen molar-refractivity contribution in [1.82, 2.24) is 0 Å². The Labute approximate surface area is 120 Å². The fourth-order valence-corrected chi connectivity index (χ4v) is 3.24. The van der Waals surface area contributed by atoms with E-state index in [9.17, 15) is 18.5 Å². The van der Waals surface area contributed by atoms with E-state index in [1.165, 1.54) is 12.1 Å². The average Bonchev–Trinajstić information content (AvgIpc) is 2.27. The summed E-state index contributed by atoms with van der Waals surface area (Å²) >= 11 is 11.3. The Balaban J connectivity index is 3.04. The summed E-state index contributed by atoms with van der Waals surface area (Å²) in [6.45, 7) is 1.67. The Morgan fingerprint density at radius 2 is 2.11 bits per heavy atom. The molecule has 0 aliphatic rings. The molecule has 0 saturated carbocycles. The lowest BCUT2D eigenvalue weighted by molar-refractivity contribution is -0.383. The summed E-state index contributed by atoms with van der Waals surface area (Å²) in [5, 5.41) is 11.0. The second-order valence-electron chi connectivity index (χ2n) is 4.06. The highest BCUT2D eigenvalue weighted by Crippen LogP contribution is 2.28. The van der Waals surface area contributed by atoms with Crippen molar-refractivity contribution in [1.29, 1.82) is 0 Å². The first-order chi connectivity index (χ1) is 8.75. The maximum absolute atomic E-state index is 11.8. The molecule has 19 heavy (non-hydrogen) atoms. The van der Waals surface area contributed by atoms with Gasteiger partial charge >= 0.3 is 0 Å². The van der Waals surface area contributed by atoms with Crippen molar-refractivity contribution in [3.8, 4) is 0 Å². The highest BCUT2D eigenvalue weighted by molar-refractivity contribution is 7.92. The number of hydrogen-bond donors (Lipinski definition) is 1. The first-order valence-electron chi connectivity index (χ1n) is 5.25. The minimum atomic E-state index is -3.72. The fraction of sp³-hybridized carbons (Fsp3) is 0.400. The van der Waals surface area contributed by atoms with Gasteiger partial charge in [0.15, 0.2) is 0 Å². The summed E-state index contributed by atoms with van der Waals surface area (Å²) in [7, 11) is -3.72. The molecule has 0 spiro atoms. The van der Waals surface area contributed by atoms with Crippen molar-refractivity contribution < 1.29 is 13.3 Å². The predicted molar refractivity (Wildman–Crippen MR) is 75.4 cm³/mol. The molecule has 6 nitrogen and oxygen atoms in total. The van der Waals surface area contributed by atoms with Gasteiger partial charge in [0.1, 0.15) is 5.69 Å². The molecule has 1 aromatic carbocycles. The van der Waals surface area contributed by atoms with Crippen LogP contribution >= 0.6 is 23.2 Å². The number of hydrogen-bond acceptors (Lipinski definition) is 4. The Kier molecular flexibility index (Phi) is 5.39. The van der Waals surface area contributed by atoms with Crippen molar-refractivity contribution >= 4 is 44.6 Å². The highest BCUT2D eigenvalue weighted by Gasteiger charge is 2.21. The van der Waals surface area contributed by atoms with Gasteiger partial charge in [-0.05, 0) is 18.1 Å². The van der Waals surface area contributed by atoms with Gasteiger partial charge in [0, 0.05) is 17.0 Å². The summed E-state index contributed by atoms with van der Waals surface area (Å²) in [5.41, 5.74) is -0.509. The topological polar surface area (TPSA) is 89.3 Å². The van der Waals surface area contributed by atoms with Gasteiger partial charge in [-0.25, -0.2) is 8.42 Å². The van der Waals surface area contributed by atoms with Gasteiger partial charge < -0.3 is 0 Å². The zero-order valence-corrected chi connectivity index (χ0v) is 12.3. The number of nitro benzene ring substituents is 1. The van der Waals surface area contributed by atoms with Gasteiger partial charge in [0.05, 0.1) is 10.7 Å². The number of rotatable bonds is 6. The quantitative estimate of drug-likeness (QED) is 0.494. The van der Waals surface area contributed by atoms with E-state index in [0.717, 1.165) is 6.07 Å². The summed E-state index contributed by atoms with van der Waals surface area (Å²) in [6.07, 6.45) is 0. The molecule has 1 unspecified atom stereocenters. The van der Waals surface area contributed by atoms with Crippen molar-refractivity contribution in [3.63, 3.8) is 0 Å². The standard InChI is InChI=1S/C10H12Cl2N2O4S/c1-7(5-11)6-19(17,18)13-9-4-8(12)2-3-10(9)14(15)16/h2-4,7,13H,5-6H2,1H3. The molecular formula is C10H12Cl2N2O4S. The van der Waals surface area contributed by atoms with Gasteiger partial charge in [-0.15, -0.1) is 11.6 Å². The lowest BCUT2D eigenvalue weighted by Crippen LogP contribution is -2.22. The number of nitrogens with one attached hydrogen (secondary N) is 1. The SMILES string of the molecule is CC(CCl)CS(=O)(=O)Nc1cc(Cl)ccc1[N+](=O)[O-]. The van der Waals surface area contributed by atoms with Crippen LogP contribution in [-0.4, -0.2) is 25.0 Å². The molecule has 1 N–H and O–H groups in total. The van der Waals surface area contributed by atoms with E-state index >= 15 is 0 Å². The molecule has 0 saturated heterocycles. The number of nitro groups is 1. The van der Waals surface area contributed by atoms with E-state index in [0.29, 0.717) is 0 Å². The smallest absolute Gasteiger partial charge is 0.277 e. The van der Waals surface area contributed by atoms with Crippen LogP contribution in [0.25, 0.3) is 0 Å². The number of benzene rings is 1. The summed E-state index contributed by atoms with van der Waals surface area (Å²) in [4.78, 5) is 10.1. The van der Waals surface area contributed by atoms with Crippen LogP contribution in [0.5, 0.6) is 0 Å². The van der Waals surface area contributed by atoms with Crippen LogP contribution in [0, 0.1) is 16.0 Å². The second kappa shape index (κ2) is 6.40. The zero-order chi connectivity index (χ0) is 14.6. The highest BCUT2D eigenvalue weighted by atomic mass is 35.5. The summed E-state index contributed by atoms with van der Waals surface area (Å²) in [6, 6.07) is 3.66. The van der Waals surface area contributed by atoms with E-state index < -0.39 is 14.9 Å². The number of anilines is 1. The largest absolute Gasteiger partial charge is 0.293 e. The normalized spacial score (nSPS) is 13.0. The van der Waals surface area contributed by atoms with Crippen LogP contribution in [0.1, 0.15) is 6.92 Å². The Morgan fingerprint density at radius 3 is 2.63 bits per heavy atom. The molecule has 0 bridgehead atoms. The molecule has 0 radical (unpaired) electrons. The van der Waals surface area contributed by atoms with E-state index in [4.69, 9.17) is 23.2 Å². The van der Waals surface area contributed by atoms with Crippen molar-refractivity contribution in [3.05, 3.63) is 33.3 Å². The van der Waals surface area contributed by atoms with Gasteiger partial charge in [0.25, 0.3) is 5.69 Å². The minimum Gasteiger partial charge on any atom is -0.277 e. The van der Waals surface area contributed by atoms with Crippen LogP contribution in [-0.2, 0) is 10.0 Å². The fourth-order valence-electron chi connectivity index (χ4n) is 1.38. The van der Waals surface area contributed by atoms with E-state index in [-0.39, 0.29) is 33.9 Å². The maximum atomic E-state index is 11.8. The van der Waals surface area contributed by atoms with E-state index in [1.54, 1.807) is 6.92 Å². The summed E-state index contributed by atoms with van der Waals surface area (Å²) in [5.74, 6) is -0.309. The van der Waals surface area contributed by atoms with Gasteiger partial charge in [0.2, 0.25) is 10.0 Å². The zero-order valence-electron chi connectivity index (χ0n) is 9.97. The van der Waals surface area contributed by atoms with Crippen LogP contribution in [0.4, 0.5) is 11.4 Å². The second-order valence-corrected chi connectivity index (χ2v) is 6.57. The monoisotopic (exact) mass is 326 g/mol. The van der Waals surface area contributed by atoms with Crippen LogP contribution < -0.4 is 4.72 Å². The van der Waals surface area contributed by atoms with Crippen molar-refractivity contribution in [2.24, 2.45) is 5.92 Å². The molecule has 106 valence electrons. The Bertz CT molecular complexity index is 577. The molecule has 0 fully saturated rings. The van der Waals surface area contributed by atoms with E-state index in [2.05, 4.69) is 4.72 Å². The van der Waals surface area contributed by atoms with Crippen molar-refractivity contribution in [2.75, 3.05) is 16.4 Å². The average molecular weight is 327 g/mol. The molecule has 0 aromatic heterocycles. The number of nitrogens with zero attached hydrogens (tertiary/aromatic N) is 1. The van der Waals surface area contributed by atoms with Crippen LogP contribution in [0.3, 0.4) is 0 Å². The maximum Gasteiger partial charge on any atom is 0.293 e. The molecule has 9 heteroatoms. The number of halogens is 2. The molecule has 1 rings (SSSR count). The first kappa shape index (κ1) is 16.0. The van der Waals surface area contributed by atoms with Crippen LogP contribution in [0.15, 0.2) is 18.2 Å². The molecule has 0 heterocycles. The van der Waals surface area contributed by atoms with Gasteiger partial charge in [-0.1, -0.05) is 18.5 Å². The number of sulfonamides is 1. The molecule has 0 aliphatic heterocycles. The molecule has 1 atom stereocenters. The first-order valence-corrected chi connectivity index (χ1v) is 7.82. The van der Waals surface area contributed by atoms with Crippen molar-refractivity contribution in [2.45, 2.75) is 6.92 Å². The number of alkyl halides is 1. The molecule has 0 amide bonds. The molecule has 0 aliphatic carbocycles. The third-order valence-corrected chi connectivity index (χ3v) is 4.49. The Morgan fingerprint density at radius 1 is 1.47 bits per heavy atom. The predicted octanol–water partition coefficient (Wildman–Crippen LogP) is 2.86. The Hall–Kier alpha value is -1.05. The lowest BCUT2D eigenvalue weighted by atomic mass is 10.3. The molecule has 1 aromatic rings. The van der Waals surface area contributed by atoms with Gasteiger partial charge in [-0.2, -0.15) is 0 Å². The lowest BCUT2D eigenvalue weighted by Gasteiger charge is -2.11. The minimum absolute atomic E-state index is 0.153.